The van der Waals surface area contributed by atoms with Crippen molar-refractivity contribution in [2.45, 2.75) is 57.5 Å². The zero-order chi connectivity index (χ0) is 36.0. The van der Waals surface area contributed by atoms with Gasteiger partial charge in [0.1, 0.15) is 12.2 Å². The van der Waals surface area contributed by atoms with Gasteiger partial charge in [0.05, 0.1) is 23.9 Å². The van der Waals surface area contributed by atoms with Crippen molar-refractivity contribution in [3.05, 3.63) is 87.0 Å². The first kappa shape index (κ1) is 45.6. The van der Waals surface area contributed by atoms with Gasteiger partial charge in [-0.3, -0.25) is 18.9 Å². The fourth-order valence-electron chi connectivity index (χ4n) is 3.98. The first-order valence-electron chi connectivity index (χ1n) is 13.0. The number of aliphatic hydroxyl groups excluding tert-OH is 4. The summed E-state index contributed by atoms with van der Waals surface area (Å²) < 4.78 is 55.0. The predicted octanol–water partition coefficient (Wildman–Crippen LogP) is 1.50. The van der Waals surface area contributed by atoms with Gasteiger partial charge in [0, 0.05) is 32.2 Å². The van der Waals surface area contributed by atoms with Gasteiger partial charge in [0.2, 0.25) is 0 Å². The van der Waals surface area contributed by atoms with E-state index in [1.165, 1.54) is 49.4 Å². The molecule has 1 saturated heterocycles. The maximum atomic E-state index is 13.1. The van der Waals surface area contributed by atoms with Crippen LogP contribution in [0.3, 0.4) is 0 Å². The van der Waals surface area contributed by atoms with Crippen molar-refractivity contribution in [2.24, 2.45) is 0 Å². The number of hydrogen-bond donors (Lipinski definition) is 7. The summed E-state index contributed by atoms with van der Waals surface area (Å²) in [6.07, 6.45) is -6.99. The number of pyridine rings is 1. The Bertz CT molecular complexity index is 1400. The molecule has 20 heteroatoms. The van der Waals surface area contributed by atoms with Crippen LogP contribution in [0.4, 0.5) is 13.2 Å². The number of rotatable bonds is 6. The Balaban J connectivity index is 0. The molecule has 1 aliphatic rings. The Hall–Kier alpha value is -2.52. The van der Waals surface area contributed by atoms with Gasteiger partial charge in [-0.15, -0.1) is 0 Å². The Morgan fingerprint density at radius 1 is 0.978 bits per heavy atom. The van der Waals surface area contributed by atoms with E-state index >= 15 is 0 Å². The lowest BCUT2D eigenvalue weighted by molar-refractivity contribution is -0.137. The van der Waals surface area contributed by atoms with Crippen LogP contribution >= 0.6 is 27.6 Å². The van der Waals surface area contributed by atoms with Crippen molar-refractivity contribution in [3.8, 4) is 11.1 Å². The molecule has 0 spiro atoms. The number of alkyl halides is 3. The van der Waals surface area contributed by atoms with Crippen LogP contribution in [0.1, 0.15) is 37.8 Å². The summed E-state index contributed by atoms with van der Waals surface area (Å²) in [4.78, 5) is 50.4. The van der Waals surface area contributed by atoms with Crippen LogP contribution < -0.4 is 11.2 Å². The van der Waals surface area contributed by atoms with Crippen LogP contribution in [0.2, 0.25) is 0 Å². The predicted molar refractivity (Wildman–Crippen MR) is 170 cm³/mol. The Morgan fingerprint density at radius 2 is 1.54 bits per heavy atom. The van der Waals surface area contributed by atoms with Gasteiger partial charge in [-0.05, 0) is 60.7 Å². The number of hydrogen-bond acceptors (Lipinski definition) is 11. The van der Waals surface area contributed by atoms with Gasteiger partial charge >= 0.3 is 20.6 Å². The molecule has 2 aromatic heterocycles. The molecule has 1 aromatic carbocycles. The van der Waals surface area contributed by atoms with E-state index in [2.05, 4.69) is 4.98 Å². The van der Waals surface area contributed by atoms with Gasteiger partial charge in [0.15, 0.2) is 6.23 Å². The summed E-state index contributed by atoms with van der Waals surface area (Å²) in [6.45, 7) is 3.40. The largest absolute Gasteiger partial charge is 0.416 e. The lowest BCUT2D eigenvalue weighted by Crippen LogP contribution is -2.43. The summed E-state index contributed by atoms with van der Waals surface area (Å²) in [7, 11) is 3.00. The molecule has 0 radical (unpaired) electrons. The average molecular weight is 720 g/mol. The van der Waals surface area contributed by atoms with Crippen molar-refractivity contribution in [3.63, 3.8) is 0 Å². The van der Waals surface area contributed by atoms with Gasteiger partial charge in [-0.25, -0.2) is 9.36 Å². The van der Waals surface area contributed by atoms with E-state index in [1.807, 2.05) is 13.8 Å². The molecule has 0 amide bonds. The first-order chi connectivity index (χ1) is 22.0. The monoisotopic (exact) mass is 719 g/mol. The van der Waals surface area contributed by atoms with Crippen LogP contribution in [-0.4, -0.2) is 81.3 Å². The summed E-state index contributed by atoms with van der Waals surface area (Å²) in [5.41, 5.74) is -1.39. The number of aromatic nitrogens is 3. The number of aliphatic hydroxyl groups is 4. The Labute approximate surface area is 268 Å². The van der Waals surface area contributed by atoms with E-state index in [0.717, 1.165) is 40.6 Å². The molecular weight excluding hydrogens is 680 g/mol. The smallest absolute Gasteiger partial charge is 0.400 e. The van der Waals surface area contributed by atoms with Crippen molar-refractivity contribution < 1.29 is 57.6 Å². The van der Waals surface area contributed by atoms with E-state index in [-0.39, 0.29) is 30.8 Å². The lowest BCUT2D eigenvalue weighted by atomic mass is 10.0. The highest BCUT2D eigenvalue weighted by molar-refractivity contribution is 7.16. The maximum absolute atomic E-state index is 13.1. The van der Waals surface area contributed by atoms with Crippen LogP contribution in [0, 0.1) is 0 Å². The summed E-state index contributed by atoms with van der Waals surface area (Å²) >= 11 is 0. The molecule has 46 heavy (non-hydrogen) atoms. The summed E-state index contributed by atoms with van der Waals surface area (Å²) in [6, 6.07) is 8.80. The zero-order valence-electron chi connectivity index (χ0n) is 25.0. The lowest BCUT2D eigenvalue weighted by Gasteiger charge is -2.18. The molecule has 1 fully saturated rings. The summed E-state index contributed by atoms with van der Waals surface area (Å²) in [5, 5.41) is 36.6. The van der Waals surface area contributed by atoms with E-state index < -0.39 is 56.2 Å². The van der Waals surface area contributed by atoms with Gasteiger partial charge in [-0.1, -0.05) is 26.0 Å². The van der Waals surface area contributed by atoms with E-state index in [1.54, 1.807) is 0 Å². The van der Waals surface area contributed by atoms with Crippen molar-refractivity contribution in [1.82, 2.24) is 14.1 Å². The maximum Gasteiger partial charge on any atom is 0.416 e. The third kappa shape index (κ3) is 13.3. The average Bonchev–Trinajstić information content (AvgIpc) is 3.35. The molecular formula is C26H39F3N3O11P3. The molecule has 4 rings (SSSR count). The molecule has 0 aliphatic carbocycles. The Morgan fingerprint density at radius 3 is 2.09 bits per heavy atom. The molecule has 3 heterocycles. The van der Waals surface area contributed by atoms with Gasteiger partial charge in [0.25, 0.3) is 5.56 Å². The normalized spacial score (nSPS) is 18.1. The minimum absolute atomic E-state index is 0.0371. The van der Waals surface area contributed by atoms with E-state index in [9.17, 15) is 33.0 Å². The van der Waals surface area contributed by atoms with Crippen molar-refractivity contribution >= 4 is 27.6 Å². The summed E-state index contributed by atoms with van der Waals surface area (Å²) in [5.74, 6) is 0. The minimum atomic E-state index is -4.51. The number of ether oxygens (including phenoxy) is 1. The first-order valence-corrected chi connectivity index (χ1v) is 14.8. The van der Waals surface area contributed by atoms with E-state index in [0.29, 0.717) is 5.56 Å². The van der Waals surface area contributed by atoms with Gasteiger partial charge in [-0.2, -0.15) is 13.2 Å². The standard InChI is InChI=1S/C23H22F3N3O6.C2H6.CH4O.HO2P.2H3OP/c24-23(25,26)15-3-1-2-13(10-15)14-4-7-27-16(11-14)12-29-18(31)5-8-28(22(29)34)21-20(33)19(32)17(35-21)6-9-30;2*1-2;1-3-2;2*1-2/h1-5,7-8,10-11,17,19-21,30,32-33H,6,9,12H2;1-2H3;2H,1H3;(H,1,2);2*1H,2H2. The number of nitrogens with zero attached hydrogens (tertiary/aromatic N) is 3. The fourth-order valence-corrected chi connectivity index (χ4v) is 3.98. The van der Waals surface area contributed by atoms with Crippen molar-refractivity contribution in [2.75, 3.05) is 13.7 Å². The van der Waals surface area contributed by atoms with Crippen LogP contribution in [0.25, 0.3) is 11.1 Å². The minimum Gasteiger partial charge on any atom is -0.400 e. The highest BCUT2D eigenvalue weighted by Gasteiger charge is 2.43. The molecule has 7 N–H and O–H groups in total. The van der Waals surface area contributed by atoms with E-state index in [4.69, 9.17) is 34.2 Å². The fraction of sp³-hybridized carbons (Fsp3) is 0.423. The van der Waals surface area contributed by atoms with Crippen LogP contribution in [-0.2, 0) is 22.0 Å². The zero-order valence-corrected chi connectivity index (χ0v) is 28.2. The number of benzene rings is 1. The highest BCUT2D eigenvalue weighted by atomic mass is 31.1. The van der Waals surface area contributed by atoms with Crippen LogP contribution in [0.15, 0.2) is 64.4 Å². The molecule has 6 unspecified atom stereocenters. The van der Waals surface area contributed by atoms with Gasteiger partial charge < -0.3 is 39.8 Å². The molecule has 1 aliphatic heterocycles. The molecule has 0 saturated carbocycles. The highest BCUT2D eigenvalue weighted by Crippen LogP contribution is 2.32. The SMILES string of the molecule is CC.CO.O=PO.O=c1ccn(C2OC(CCO)C(O)C2O)c(=O)n1Cc1cc(-c2cccc(C(F)(F)F)c2)ccn1.OP.OP. The van der Waals surface area contributed by atoms with Crippen molar-refractivity contribution in [1.29, 1.82) is 0 Å². The third-order valence-corrected chi connectivity index (χ3v) is 5.78. The topological polar surface area (TPSA) is 225 Å². The molecule has 260 valence electrons. The second kappa shape index (κ2) is 24.6. The third-order valence-electron chi connectivity index (χ3n) is 5.78. The quantitative estimate of drug-likeness (QED) is 0.180. The van der Waals surface area contributed by atoms with Crippen LogP contribution in [0.5, 0.6) is 0 Å². The second-order valence-corrected chi connectivity index (χ2v) is 8.35. The number of halogens is 3. The molecule has 14 nitrogen and oxygen atoms in total. The second-order valence-electron chi connectivity index (χ2n) is 8.18. The molecule has 0 bridgehead atoms. The molecule has 3 aromatic rings. The molecule has 6 atom stereocenters. The Kier molecular flexibility index (Phi) is 24.4.